The maximum absolute atomic E-state index is 11.4. The highest BCUT2D eigenvalue weighted by atomic mass is 127. The molecule has 0 amide bonds. The van der Waals surface area contributed by atoms with Crippen molar-refractivity contribution in [3.8, 4) is 0 Å². The van der Waals surface area contributed by atoms with Gasteiger partial charge in [0, 0.05) is 202 Å². The summed E-state index contributed by atoms with van der Waals surface area (Å²) in [7, 11) is 54.6. The molecule has 27 heteroatoms. The van der Waals surface area contributed by atoms with Gasteiger partial charge in [0.2, 0.25) is 0 Å². The van der Waals surface area contributed by atoms with Crippen LogP contribution in [0.3, 0.4) is 0 Å². The van der Waals surface area contributed by atoms with Gasteiger partial charge >= 0.3 is 17.9 Å². The lowest BCUT2D eigenvalue weighted by atomic mass is 8.44. The van der Waals surface area contributed by atoms with E-state index in [1.165, 1.54) is 18.2 Å². The summed E-state index contributed by atoms with van der Waals surface area (Å²) in [5.41, 5.74) is -0.790. The van der Waals surface area contributed by atoms with E-state index in [9.17, 15) is 14.4 Å². The first kappa shape index (κ1) is 58.3. The smallest absolute Gasteiger partial charge is 0.330 e. The molecular formula is C30H53B16IN4O6. The number of likely N-dealkylation sites (N-methyl/N-ethyl adjacent to an activating group) is 2. The van der Waals surface area contributed by atoms with Crippen molar-refractivity contribution < 1.29 is 29.0 Å². The Bertz CT molecular complexity index is 1210. The quantitative estimate of drug-likeness (QED) is 0.0651. The molecule has 0 aromatic rings. The lowest BCUT2D eigenvalue weighted by molar-refractivity contribution is -0.149. The third-order valence-corrected chi connectivity index (χ3v) is 8.77. The molecule has 2 fully saturated rings. The SMILES string of the molecule is CC(C)(C)OC(=O)/C=C/CI.CN1CCN(C/C=C/C(=O)O)CC1.CN1CCN(C/C=C/C(=O)OC(C)(C)C)CC1.[B]B([B])B([B])B(B([B])[B])B(B([B])[B])B([B])[B]. The maximum atomic E-state index is 11.4. The Labute approximate surface area is 374 Å². The number of halogens is 1. The number of rotatable bonds is 14. The number of carbonyl (C=O) groups is 3. The van der Waals surface area contributed by atoms with E-state index < -0.39 is 56.3 Å². The highest BCUT2D eigenvalue weighted by Crippen LogP contribution is 2.08. The molecular weight excluding hydrogens is 812 g/mol. The largest absolute Gasteiger partial charge is 0.478 e. The molecule has 0 aromatic heterocycles. The van der Waals surface area contributed by atoms with Crippen molar-refractivity contribution in [1.82, 2.24) is 19.6 Å². The van der Waals surface area contributed by atoms with E-state index in [0.717, 1.165) is 69.9 Å². The predicted octanol–water partition coefficient (Wildman–Crippen LogP) is -2.77. The molecule has 0 saturated carbocycles. The summed E-state index contributed by atoms with van der Waals surface area (Å²) in [5, 5.41) is 8.37. The number of aliphatic carboxylic acids is 1. The van der Waals surface area contributed by atoms with Crippen LogP contribution in [0.15, 0.2) is 36.5 Å². The first-order valence-electron chi connectivity index (χ1n) is 19.1. The fraction of sp³-hybridized carbons (Fsp3) is 0.700. The minimum Gasteiger partial charge on any atom is -0.478 e. The second kappa shape index (κ2) is 31.1. The number of carboxylic acids is 1. The van der Waals surface area contributed by atoms with Crippen LogP contribution >= 0.6 is 22.6 Å². The van der Waals surface area contributed by atoms with Gasteiger partial charge in [-0.1, -0.05) is 40.8 Å². The Hall–Kier alpha value is -0.761. The average molecular weight is 866 g/mol. The molecule has 0 spiro atoms. The zero-order valence-corrected chi connectivity index (χ0v) is 37.8. The third kappa shape index (κ3) is 32.7. The van der Waals surface area contributed by atoms with Crippen molar-refractivity contribution in [3.63, 3.8) is 0 Å². The van der Waals surface area contributed by atoms with Crippen LogP contribution in [0.1, 0.15) is 41.5 Å². The summed E-state index contributed by atoms with van der Waals surface area (Å²) in [6.45, 7) is 21.3. The first-order valence-corrected chi connectivity index (χ1v) is 20.6. The molecule has 0 bridgehead atoms. The normalized spacial score (nSPS) is 15.5. The monoisotopic (exact) mass is 868 g/mol. The van der Waals surface area contributed by atoms with Gasteiger partial charge in [-0.2, -0.15) is 0 Å². The number of piperazine rings is 2. The number of nitrogens with zero attached hydrogens (tertiary/aromatic N) is 4. The van der Waals surface area contributed by atoms with Gasteiger partial charge in [0.15, 0.2) is 0 Å². The van der Waals surface area contributed by atoms with E-state index in [0.29, 0.717) is 0 Å². The summed E-state index contributed by atoms with van der Waals surface area (Å²) < 4.78 is 11.0. The van der Waals surface area contributed by atoms with Gasteiger partial charge in [0.25, 0.3) is 0 Å². The van der Waals surface area contributed by atoms with Crippen LogP contribution in [0.5, 0.6) is 0 Å². The van der Waals surface area contributed by atoms with Crippen molar-refractivity contribution in [2.75, 3.05) is 84.0 Å². The highest BCUT2D eigenvalue weighted by molar-refractivity contribution is 14.1. The molecule has 2 aliphatic rings. The van der Waals surface area contributed by atoms with Crippen LogP contribution in [-0.2, 0) is 23.9 Å². The Morgan fingerprint density at radius 1 is 0.579 bits per heavy atom. The number of hydrogen-bond donors (Lipinski definition) is 1. The molecule has 2 rings (SSSR count). The lowest BCUT2D eigenvalue weighted by Gasteiger charge is -2.37. The van der Waals surface area contributed by atoms with Gasteiger partial charge in [-0.3, -0.25) is 9.80 Å². The van der Waals surface area contributed by atoms with E-state index in [1.807, 2.05) is 47.6 Å². The Morgan fingerprint density at radius 2 is 0.912 bits per heavy atom. The van der Waals surface area contributed by atoms with E-state index in [-0.39, 0.29) is 17.5 Å². The van der Waals surface area contributed by atoms with Gasteiger partial charge < -0.3 is 24.4 Å². The van der Waals surface area contributed by atoms with Gasteiger partial charge in [-0.15, -0.1) is 0 Å². The van der Waals surface area contributed by atoms with Gasteiger partial charge in [-0.25, -0.2) is 14.4 Å². The van der Waals surface area contributed by atoms with Crippen LogP contribution in [-0.4, -0.2) is 252 Å². The Balaban J connectivity index is 0. The van der Waals surface area contributed by atoms with E-state index in [2.05, 4.69) is 56.3 Å². The molecule has 0 aromatic carbocycles. The number of carbonyl (C=O) groups excluding carboxylic acids is 2. The molecule has 2 aliphatic heterocycles. The second-order valence-corrected chi connectivity index (χ2v) is 16.9. The molecule has 57 heavy (non-hydrogen) atoms. The molecule has 2 heterocycles. The Morgan fingerprint density at radius 3 is 1.19 bits per heavy atom. The molecule has 0 aliphatic carbocycles. The van der Waals surface area contributed by atoms with Crippen molar-refractivity contribution in [3.05, 3.63) is 36.5 Å². The van der Waals surface area contributed by atoms with Gasteiger partial charge in [0.1, 0.15) is 11.2 Å². The number of hydrogen-bond acceptors (Lipinski definition) is 9. The fourth-order valence-electron chi connectivity index (χ4n) is 5.27. The van der Waals surface area contributed by atoms with Crippen molar-refractivity contribution in [2.24, 2.45) is 0 Å². The maximum Gasteiger partial charge on any atom is 0.330 e. The van der Waals surface area contributed by atoms with Gasteiger partial charge in [0.05, 0.1) is 0 Å². The van der Waals surface area contributed by atoms with Crippen molar-refractivity contribution in [1.29, 1.82) is 0 Å². The first-order chi connectivity index (χ1) is 26.2. The molecule has 10 nitrogen and oxygen atoms in total. The standard InChI is InChI=1S/C13H24N2O2.C9H16N2O2.C8H13IO2.B16/c1-13(2,3)17-12(16)6-5-7-15-10-8-14(4)9-11-15;1-10-5-7-11(8-6-10)4-2-3-9(12)13;1-8(2,3)11-7(10)5-4-6-9;1-10(2)14(9)16(13(7)8)15(11(3)4)12(5)6/h5-6H,7-11H2,1-4H3;2-3H,4-8H2,1H3,(H,12,13);4-5H,6H2,1-3H3;/b6-5+;3-2+;5-4+;. The van der Waals surface area contributed by atoms with Crippen molar-refractivity contribution >= 4 is 155 Å². The van der Waals surface area contributed by atoms with E-state index in [4.69, 9.17) is 84.2 Å². The van der Waals surface area contributed by atoms with E-state index in [1.54, 1.807) is 12.2 Å². The number of alkyl halides is 1. The summed E-state index contributed by atoms with van der Waals surface area (Å²) in [6, 6.07) is 0. The molecule has 0 unspecified atom stereocenters. The molecule has 0 atom stereocenters. The molecule has 2 saturated heterocycles. The minimum absolute atomic E-state index is 0.258. The van der Waals surface area contributed by atoms with Gasteiger partial charge in [-0.05, 0) is 55.6 Å². The topological polar surface area (TPSA) is 103 Å². The van der Waals surface area contributed by atoms with Crippen LogP contribution < -0.4 is 0 Å². The number of esters is 2. The fourth-order valence-corrected chi connectivity index (χ4v) is 5.52. The summed E-state index contributed by atoms with van der Waals surface area (Å²) in [5.74, 6) is -1.39. The second-order valence-electron chi connectivity index (χ2n) is 16.0. The summed E-state index contributed by atoms with van der Waals surface area (Å²) in [4.78, 5) is 41.7. The number of allylic oxidation sites excluding steroid dienone is 1. The molecule has 284 valence electrons. The molecule has 1 N–H and O–H groups in total. The van der Waals surface area contributed by atoms with Crippen LogP contribution in [0.4, 0.5) is 0 Å². The highest BCUT2D eigenvalue weighted by Gasteiger charge is 2.38. The predicted molar refractivity (Wildman–Crippen MR) is 266 cm³/mol. The molecule has 18 radical (unpaired) electrons. The third-order valence-electron chi connectivity index (χ3n) is 8.26. The van der Waals surface area contributed by atoms with Crippen molar-refractivity contribution in [2.45, 2.75) is 52.7 Å². The van der Waals surface area contributed by atoms with Crippen LogP contribution in [0.2, 0.25) is 0 Å². The summed E-state index contributed by atoms with van der Waals surface area (Å²) >= 11 is 2.16. The lowest BCUT2D eigenvalue weighted by Crippen LogP contribution is -2.75. The van der Waals surface area contributed by atoms with E-state index >= 15 is 0 Å². The summed E-state index contributed by atoms with van der Waals surface area (Å²) in [6.07, 6.45) is 4.53. The minimum atomic E-state index is -0.867. The Kier molecular flexibility index (Phi) is 31.9. The van der Waals surface area contributed by atoms with Crippen LogP contribution in [0, 0.1) is 0 Å². The van der Waals surface area contributed by atoms with Crippen LogP contribution in [0.25, 0.3) is 0 Å². The number of carboxylic acid groups (broad SMARTS) is 1. The number of ether oxygens (including phenoxy) is 2. The zero-order chi connectivity index (χ0) is 44.5. The average Bonchev–Trinajstić information content (AvgIpc) is 3.06. The zero-order valence-electron chi connectivity index (χ0n) is 35.6.